The predicted molar refractivity (Wildman–Crippen MR) is 85.2 cm³/mol. The molecule has 0 bridgehead atoms. The van der Waals surface area contributed by atoms with Gasteiger partial charge < -0.3 is 10.0 Å². The van der Waals surface area contributed by atoms with E-state index in [2.05, 4.69) is 29.3 Å². The zero-order chi connectivity index (χ0) is 15.1. The van der Waals surface area contributed by atoms with Gasteiger partial charge in [-0.1, -0.05) is 36.4 Å². The zero-order valence-corrected chi connectivity index (χ0v) is 12.1. The maximum absolute atomic E-state index is 11.4. The van der Waals surface area contributed by atoms with Gasteiger partial charge in [-0.15, -0.1) is 0 Å². The van der Waals surface area contributed by atoms with Crippen molar-refractivity contribution in [1.82, 2.24) is 4.90 Å². The van der Waals surface area contributed by atoms with Crippen LogP contribution in [0.5, 0.6) is 0 Å². The Balaban J connectivity index is 1.72. The van der Waals surface area contributed by atoms with Crippen molar-refractivity contribution in [2.75, 3.05) is 0 Å². The standard InChI is InChI=1S/C18H16N2O2/c21-18(22)16-8-9-17-19-15-7-6-13(10-14(15)11-20(16)17)12-4-2-1-3-5-12/h1-7,10,16H,8-9,11H2,(H,21,22)/t16-/m0/s1. The zero-order valence-electron chi connectivity index (χ0n) is 12.1. The molecule has 2 heterocycles. The molecule has 1 atom stereocenters. The van der Waals surface area contributed by atoms with Crippen molar-refractivity contribution in [1.29, 1.82) is 0 Å². The fourth-order valence-corrected chi connectivity index (χ4v) is 3.28. The number of hydrogen-bond acceptors (Lipinski definition) is 3. The summed E-state index contributed by atoms with van der Waals surface area (Å²) in [6.07, 6.45) is 1.39. The molecule has 0 unspecified atom stereocenters. The summed E-state index contributed by atoms with van der Waals surface area (Å²) in [5.41, 5.74) is 4.37. The van der Waals surface area contributed by atoms with Gasteiger partial charge in [0.05, 0.1) is 5.69 Å². The van der Waals surface area contributed by atoms with Crippen molar-refractivity contribution in [3.05, 3.63) is 54.1 Å². The molecule has 2 aromatic carbocycles. The number of aliphatic imine (C=N–C) groups is 1. The lowest BCUT2D eigenvalue weighted by Gasteiger charge is -2.28. The summed E-state index contributed by atoms with van der Waals surface area (Å²) in [4.78, 5) is 17.9. The van der Waals surface area contributed by atoms with E-state index in [0.29, 0.717) is 13.0 Å². The molecule has 4 nitrogen and oxygen atoms in total. The molecule has 0 aliphatic carbocycles. The van der Waals surface area contributed by atoms with Crippen molar-refractivity contribution < 1.29 is 9.90 Å². The fourth-order valence-electron chi connectivity index (χ4n) is 3.28. The van der Waals surface area contributed by atoms with E-state index >= 15 is 0 Å². The molecule has 4 heteroatoms. The summed E-state index contributed by atoms with van der Waals surface area (Å²) < 4.78 is 0. The highest BCUT2D eigenvalue weighted by molar-refractivity contribution is 5.94. The Morgan fingerprint density at radius 1 is 1.14 bits per heavy atom. The van der Waals surface area contributed by atoms with Crippen LogP contribution in [0, 0.1) is 0 Å². The van der Waals surface area contributed by atoms with Gasteiger partial charge in [-0.3, -0.25) is 0 Å². The van der Waals surface area contributed by atoms with Crippen LogP contribution in [-0.2, 0) is 11.3 Å². The monoisotopic (exact) mass is 292 g/mol. The second-order valence-electron chi connectivity index (χ2n) is 5.76. The Kier molecular flexibility index (Phi) is 2.96. The lowest BCUT2D eigenvalue weighted by Crippen LogP contribution is -2.39. The number of carbonyl (C=O) groups is 1. The van der Waals surface area contributed by atoms with Crippen LogP contribution in [0.4, 0.5) is 5.69 Å². The van der Waals surface area contributed by atoms with Crippen LogP contribution in [0.25, 0.3) is 11.1 Å². The molecule has 0 saturated carbocycles. The lowest BCUT2D eigenvalue weighted by atomic mass is 10.0. The average molecular weight is 292 g/mol. The largest absolute Gasteiger partial charge is 0.480 e. The molecule has 0 spiro atoms. The first-order valence-corrected chi connectivity index (χ1v) is 7.48. The van der Waals surface area contributed by atoms with E-state index in [1.165, 1.54) is 0 Å². The first kappa shape index (κ1) is 13.1. The summed E-state index contributed by atoms with van der Waals surface area (Å²) in [5, 5.41) is 9.34. The average Bonchev–Trinajstić information content (AvgIpc) is 2.96. The summed E-state index contributed by atoms with van der Waals surface area (Å²) in [6, 6.07) is 16.0. The molecule has 1 fully saturated rings. The number of fused-ring (bicyclic) bond motifs is 2. The van der Waals surface area contributed by atoms with Gasteiger partial charge in [0.15, 0.2) is 0 Å². The van der Waals surface area contributed by atoms with Crippen molar-refractivity contribution >= 4 is 17.5 Å². The third-order valence-corrected chi connectivity index (χ3v) is 4.41. The van der Waals surface area contributed by atoms with Crippen molar-refractivity contribution in [3.8, 4) is 11.1 Å². The van der Waals surface area contributed by atoms with E-state index in [1.807, 2.05) is 29.2 Å². The van der Waals surface area contributed by atoms with Gasteiger partial charge in [0.1, 0.15) is 11.9 Å². The Bertz CT molecular complexity index is 768. The number of aliphatic carboxylic acids is 1. The first-order valence-electron chi connectivity index (χ1n) is 7.48. The Morgan fingerprint density at radius 2 is 1.95 bits per heavy atom. The van der Waals surface area contributed by atoms with Crippen LogP contribution in [0.2, 0.25) is 0 Å². The van der Waals surface area contributed by atoms with Crippen molar-refractivity contribution in [2.24, 2.45) is 4.99 Å². The third kappa shape index (κ3) is 2.08. The van der Waals surface area contributed by atoms with Gasteiger partial charge in [-0.2, -0.15) is 0 Å². The minimum absolute atomic E-state index is 0.438. The first-order chi connectivity index (χ1) is 10.7. The number of hydrogen-bond donors (Lipinski definition) is 1. The topological polar surface area (TPSA) is 52.9 Å². The number of amidine groups is 1. The second kappa shape index (κ2) is 4.98. The Hall–Kier alpha value is -2.62. The fraction of sp³-hybridized carbons (Fsp3) is 0.222. The van der Waals surface area contributed by atoms with Gasteiger partial charge in [0.2, 0.25) is 0 Å². The lowest BCUT2D eigenvalue weighted by molar-refractivity contribution is -0.141. The van der Waals surface area contributed by atoms with Gasteiger partial charge in [0.25, 0.3) is 0 Å². The second-order valence-corrected chi connectivity index (χ2v) is 5.76. The van der Waals surface area contributed by atoms with Gasteiger partial charge in [-0.25, -0.2) is 9.79 Å². The molecule has 2 aliphatic heterocycles. The van der Waals surface area contributed by atoms with E-state index < -0.39 is 12.0 Å². The molecule has 1 saturated heterocycles. The maximum atomic E-state index is 11.4. The van der Waals surface area contributed by atoms with E-state index in [9.17, 15) is 9.90 Å². The van der Waals surface area contributed by atoms with Gasteiger partial charge >= 0.3 is 5.97 Å². The predicted octanol–water partition coefficient (Wildman–Crippen LogP) is 3.45. The molecular formula is C18H16N2O2. The van der Waals surface area contributed by atoms with E-state index in [0.717, 1.165) is 34.6 Å². The SMILES string of the molecule is O=C(O)[C@@H]1CCC2=Nc3ccc(-c4ccccc4)cc3CN21. The van der Waals surface area contributed by atoms with Crippen LogP contribution in [0.15, 0.2) is 53.5 Å². The van der Waals surface area contributed by atoms with E-state index in [1.54, 1.807) is 0 Å². The quantitative estimate of drug-likeness (QED) is 0.922. The smallest absolute Gasteiger partial charge is 0.326 e. The minimum Gasteiger partial charge on any atom is -0.480 e. The molecule has 2 aliphatic rings. The molecule has 0 amide bonds. The summed E-state index contributed by atoms with van der Waals surface area (Å²) in [5.74, 6) is 0.153. The highest BCUT2D eigenvalue weighted by Gasteiger charge is 2.36. The Morgan fingerprint density at radius 3 is 2.73 bits per heavy atom. The Labute approximate surface area is 128 Å². The van der Waals surface area contributed by atoms with Crippen LogP contribution in [0.1, 0.15) is 18.4 Å². The number of carboxylic acid groups (broad SMARTS) is 1. The molecule has 2 aromatic rings. The minimum atomic E-state index is -0.757. The van der Waals surface area contributed by atoms with Crippen LogP contribution in [0.3, 0.4) is 0 Å². The van der Waals surface area contributed by atoms with Crippen LogP contribution >= 0.6 is 0 Å². The molecule has 0 aromatic heterocycles. The van der Waals surface area contributed by atoms with Gasteiger partial charge in [-0.05, 0) is 35.2 Å². The molecule has 22 heavy (non-hydrogen) atoms. The highest BCUT2D eigenvalue weighted by Crippen LogP contribution is 2.35. The summed E-state index contributed by atoms with van der Waals surface area (Å²) in [6.45, 7) is 0.631. The molecular weight excluding hydrogens is 276 g/mol. The van der Waals surface area contributed by atoms with Crippen LogP contribution < -0.4 is 0 Å². The normalized spacial score (nSPS) is 19.4. The van der Waals surface area contributed by atoms with E-state index in [4.69, 9.17) is 0 Å². The third-order valence-electron chi connectivity index (χ3n) is 4.41. The highest BCUT2D eigenvalue weighted by atomic mass is 16.4. The molecule has 0 radical (unpaired) electrons. The molecule has 4 rings (SSSR count). The van der Waals surface area contributed by atoms with Crippen molar-refractivity contribution in [3.63, 3.8) is 0 Å². The molecule has 1 N–H and O–H groups in total. The van der Waals surface area contributed by atoms with E-state index in [-0.39, 0.29) is 0 Å². The van der Waals surface area contributed by atoms with Crippen LogP contribution in [-0.4, -0.2) is 27.9 Å². The number of benzene rings is 2. The van der Waals surface area contributed by atoms with Gasteiger partial charge in [0, 0.05) is 13.0 Å². The maximum Gasteiger partial charge on any atom is 0.326 e. The number of rotatable bonds is 2. The van der Waals surface area contributed by atoms with Crippen molar-refractivity contribution in [2.45, 2.75) is 25.4 Å². The number of carboxylic acids is 1. The number of nitrogens with zero attached hydrogens (tertiary/aromatic N) is 2. The summed E-state index contributed by atoms with van der Waals surface area (Å²) in [7, 11) is 0. The molecule has 110 valence electrons. The summed E-state index contributed by atoms with van der Waals surface area (Å²) >= 11 is 0.